The van der Waals surface area contributed by atoms with Crippen LogP contribution in [-0.4, -0.2) is 22.8 Å². The van der Waals surface area contributed by atoms with Gasteiger partial charge in [0.05, 0.1) is 12.2 Å². The number of hydrogen-bond acceptors (Lipinski definition) is 2. The highest BCUT2D eigenvalue weighted by Crippen LogP contribution is 1.93. The quantitative estimate of drug-likeness (QED) is 0.459. The lowest BCUT2D eigenvalue weighted by Gasteiger charge is -2.04. The standard InChI is InChI=1S/C7H13N5/c1-9-7(8)10-5-6-3-4-11-12(6)2/h3-4H,5H2,1-2H3,(H3,8,9,10). The first-order chi connectivity index (χ1) is 5.74. The maximum absolute atomic E-state index is 5.45. The van der Waals surface area contributed by atoms with Crippen LogP contribution in [0, 0.1) is 0 Å². The Bertz CT molecular complexity index is 275. The van der Waals surface area contributed by atoms with Gasteiger partial charge in [0, 0.05) is 20.3 Å². The molecule has 12 heavy (non-hydrogen) atoms. The van der Waals surface area contributed by atoms with Gasteiger partial charge in [0.2, 0.25) is 0 Å². The van der Waals surface area contributed by atoms with Gasteiger partial charge in [-0.1, -0.05) is 0 Å². The SMILES string of the molecule is CN=C(N)NCc1ccnn1C. The highest BCUT2D eigenvalue weighted by Gasteiger charge is 1.97. The summed E-state index contributed by atoms with van der Waals surface area (Å²) in [6.07, 6.45) is 1.75. The second kappa shape index (κ2) is 3.75. The average Bonchev–Trinajstić information content (AvgIpc) is 2.47. The third kappa shape index (κ3) is 1.98. The molecule has 0 spiro atoms. The molecule has 5 nitrogen and oxygen atoms in total. The predicted molar refractivity (Wildman–Crippen MR) is 47.6 cm³/mol. The van der Waals surface area contributed by atoms with Crippen LogP contribution >= 0.6 is 0 Å². The molecule has 5 heteroatoms. The van der Waals surface area contributed by atoms with Crippen LogP contribution in [0.25, 0.3) is 0 Å². The zero-order chi connectivity index (χ0) is 8.97. The fourth-order valence-electron chi connectivity index (χ4n) is 0.835. The minimum Gasteiger partial charge on any atom is -0.370 e. The summed E-state index contributed by atoms with van der Waals surface area (Å²) in [5, 5.41) is 6.96. The van der Waals surface area contributed by atoms with E-state index in [2.05, 4.69) is 15.4 Å². The van der Waals surface area contributed by atoms with Gasteiger partial charge in [0.25, 0.3) is 0 Å². The number of nitrogens with one attached hydrogen (secondary N) is 1. The lowest BCUT2D eigenvalue weighted by molar-refractivity contribution is 0.692. The van der Waals surface area contributed by atoms with Crippen LogP contribution in [0.3, 0.4) is 0 Å². The molecule has 0 aromatic carbocycles. The largest absolute Gasteiger partial charge is 0.370 e. The highest BCUT2D eigenvalue weighted by molar-refractivity contribution is 5.77. The first-order valence-electron chi connectivity index (χ1n) is 3.67. The highest BCUT2D eigenvalue weighted by atomic mass is 15.3. The number of hydrogen-bond donors (Lipinski definition) is 2. The van der Waals surface area contributed by atoms with Crippen LogP contribution in [-0.2, 0) is 13.6 Å². The number of aryl methyl sites for hydroxylation is 1. The van der Waals surface area contributed by atoms with E-state index in [1.54, 1.807) is 17.9 Å². The van der Waals surface area contributed by atoms with Crippen molar-refractivity contribution in [3.05, 3.63) is 18.0 Å². The number of aromatic nitrogens is 2. The van der Waals surface area contributed by atoms with Crippen LogP contribution in [0.5, 0.6) is 0 Å². The smallest absolute Gasteiger partial charge is 0.188 e. The topological polar surface area (TPSA) is 68.2 Å². The van der Waals surface area contributed by atoms with E-state index in [1.165, 1.54) is 0 Å². The number of nitrogens with zero attached hydrogens (tertiary/aromatic N) is 3. The molecular weight excluding hydrogens is 154 g/mol. The Morgan fingerprint density at radius 3 is 3.08 bits per heavy atom. The molecule has 0 unspecified atom stereocenters. The van der Waals surface area contributed by atoms with Gasteiger partial charge >= 0.3 is 0 Å². The van der Waals surface area contributed by atoms with E-state index in [0.717, 1.165) is 5.69 Å². The lowest BCUT2D eigenvalue weighted by Crippen LogP contribution is -2.31. The Labute approximate surface area is 71.3 Å². The third-order valence-corrected chi connectivity index (χ3v) is 1.61. The van der Waals surface area contributed by atoms with Crippen LogP contribution in [0.1, 0.15) is 5.69 Å². The molecular formula is C7H13N5. The number of guanidine groups is 1. The Balaban J connectivity index is 2.49. The van der Waals surface area contributed by atoms with Crippen molar-refractivity contribution in [2.75, 3.05) is 7.05 Å². The van der Waals surface area contributed by atoms with E-state index >= 15 is 0 Å². The van der Waals surface area contributed by atoms with Crippen LogP contribution in [0.4, 0.5) is 0 Å². The van der Waals surface area contributed by atoms with Crippen molar-refractivity contribution in [2.24, 2.45) is 17.8 Å². The molecule has 0 radical (unpaired) electrons. The molecule has 0 atom stereocenters. The van der Waals surface area contributed by atoms with Gasteiger partial charge in [0.1, 0.15) is 0 Å². The van der Waals surface area contributed by atoms with Gasteiger partial charge in [-0.25, -0.2) is 0 Å². The summed E-state index contributed by atoms with van der Waals surface area (Å²) in [4.78, 5) is 3.77. The minimum atomic E-state index is 0.441. The molecule has 0 aliphatic heterocycles. The van der Waals surface area contributed by atoms with Crippen molar-refractivity contribution < 1.29 is 0 Å². The summed E-state index contributed by atoms with van der Waals surface area (Å²) < 4.78 is 1.79. The molecule has 1 aromatic rings. The van der Waals surface area contributed by atoms with Gasteiger partial charge in [-0.05, 0) is 6.07 Å². The van der Waals surface area contributed by atoms with E-state index < -0.39 is 0 Å². The summed E-state index contributed by atoms with van der Waals surface area (Å²) in [5.41, 5.74) is 6.52. The third-order valence-electron chi connectivity index (χ3n) is 1.61. The van der Waals surface area contributed by atoms with Crippen molar-refractivity contribution in [2.45, 2.75) is 6.54 Å². The first-order valence-corrected chi connectivity index (χ1v) is 3.67. The van der Waals surface area contributed by atoms with Crippen LogP contribution in [0.2, 0.25) is 0 Å². The zero-order valence-electron chi connectivity index (χ0n) is 7.28. The van der Waals surface area contributed by atoms with Crippen LogP contribution < -0.4 is 11.1 Å². The monoisotopic (exact) mass is 167 g/mol. The van der Waals surface area contributed by atoms with Gasteiger partial charge in [0.15, 0.2) is 5.96 Å². The van der Waals surface area contributed by atoms with Crippen molar-refractivity contribution in [3.63, 3.8) is 0 Å². The first kappa shape index (κ1) is 8.58. The van der Waals surface area contributed by atoms with E-state index in [4.69, 9.17) is 5.73 Å². The summed E-state index contributed by atoms with van der Waals surface area (Å²) in [5.74, 6) is 0.441. The molecule has 3 N–H and O–H groups in total. The second-order valence-electron chi connectivity index (χ2n) is 2.41. The van der Waals surface area contributed by atoms with Gasteiger partial charge in [-0.15, -0.1) is 0 Å². The van der Waals surface area contributed by atoms with Crippen molar-refractivity contribution in [3.8, 4) is 0 Å². The lowest BCUT2D eigenvalue weighted by atomic mass is 10.4. The fourth-order valence-corrected chi connectivity index (χ4v) is 0.835. The Kier molecular flexibility index (Phi) is 2.68. The second-order valence-corrected chi connectivity index (χ2v) is 2.41. The molecule has 1 aromatic heterocycles. The normalized spacial score (nSPS) is 11.7. The van der Waals surface area contributed by atoms with E-state index in [9.17, 15) is 0 Å². The molecule has 1 heterocycles. The Morgan fingerprint density at radius 1 is 1.83 bits per heavy atom. The molecule has 1 rings (SSSR count). The summed E-state index contributed by atoms with van der Waals surface area (Å²) in [7, 11) is 3.53. The van der Waals surface area contributed by atoms with Crippen molar-refractivity contribution >= 4 is 5.96 Å². The summed E-state index contributed by atoms with van der Waals surface area (Å²) in [6, 6.07) is 1.93. The molecule has 0 fully saturated rings. The van der Waals surface area contributed by atoms with E-state index in [0.29, 0.717) is 12.5 Å². The summed E-state index contributed by atoms with van der Waals surface area (Å²) in [6.45, 7) is 0.652. The maximum atomic E-state index is 5.45. The number of aliphatic imine (C=N–C) groups is 1. The Hall–Kier alpha value is -1.52. The fraction of sp³-hybridized carbons (Fsp3) is 0.429. The molecule has 0 amide bonds. The molecule has 0 saturated heterocycles. The van der Waals surface area contributed by atoms with Gasteiger partial charge in [-0.2, -0.15) is 5.10 Å². The Morgan fingerprint density at radius 2 is 2.58 bits per heavy atom. The minimum absolute atomic E-state index is 0.441. The predicted octanol–water partition coefficient (Wildman–Crippen LogP) is -0.546. The number of rotatable bonds is 2. The molecule has 66 valence electrons. The molecule has 0 aliphatic rings. The maximum Gasteiger partial charge on any atom is 0.188 e. The molecule has 0 bridgehead atoms. The summed E-state index contributed by atoms with van der Waals surface area (Å²) >= 11 is 0. The average molecular weight is 167 g/mol. The molecule has 0 saturated carbocycles. The number of nitrogens with two attached hydrogens (primary N) is 1. The van der Waals surface area contributed by atoms with E-state index in [1.807, 2.05) is 13.1 Å². The van der Waals surface area contributed by atoms with E-state index in [-0.39, 0.29) is 0 Å². The van der Waals surface area contributed by atoms with Gasteiger partial charge in [-0.3, -0.25) is 9.67 Å². The van der Waals surface area contributed by atoms with Crippen molar-refractivity contribution in [1.29, 1.82) is 0 Å². The zero-order valence-corrected chi connectivity index (χ0v) is 7.28. The van der Waals surface area contributed by atoms with Gasteiger partial charge < -0.3 is 11.1 Å². The van der Waals surface area contributed by atoms with Crippen LogP contribution in [0.15, 0.2) is 17.3 Å². The molecule has 0 aliphatic carbocycles. The van der Waals surface area contributed by atoms with Crippen molar-refractivity contribution in [1.82, 2.24) is 15.1 Å².